The summed E-state index contributed by atoms with van der Waals surface area (Å²) in [6, 6.07) is 3.32. The van der Waals surface area contributed by atoms with E-state index in [1.807, 2.05) is 0 Å². The van der Waals surface area contributed by atoms with Crippen molar-refractivity contribution < 1.29 is 23.2 Å². The second-order valence-corrected chi connectivity index (χ2v) is 2.51. The van der Waals surface area contributed by atoms with E-state index in [4.69, 9.17) is 10.2 Å². The summed E-state index contributed by atoms with van der Waals surface area (Å²) < 4.78 is 24.2. The van der Waals surface area contributed by atoms with Gasteiger partial charge in [-0.3, -0.25) is 0 Å². The van der Waals surface area contributed by atoms with Gasteiger partial charge in [0.15, 0.2) is 11.5 Å². The molecule has 0 bridgehead atoms. The number of hydrogen-bond acceptors (Lipinski definition) is 5. The van der Waals surface area contributed by atoms with Crippen molar-refractivity contribution in [1.29, 1.82) is 0 Å². The lowest BCUT2D eigenvalue weighted by molar-refractivity contribution is 0.404. The molecule has 0 saturated carbocycles. The zero-order chi connectivity index (χ0) is 9.14. The Morgan fingerprint density at radius 1 is 1.42 bits per heavy atom. The Morgan fingerprint density at radius 3 is 2.67 bits per heavy atom. The van der Waals surface area contributed by atoms with Gasteiger partial charge in [0.05, 0.1) is 0 Å². The Labute approximate surface area is 70.7 Å². The van der Waals surface area contributed by atoms with E-state index in [9.17, 15) is 8.76 Å². The van der Waals surface area contributed by atoms with Gasteiger partial charge in [-0.25, -0.2) is 4.21 Å². The monoisotopic (exact) mass is 189 g/mol. The van der Waals surface area contributed by atoms with Crippen LogP contribution < -0.4 is 4.18 Å². The van der Waals surface area contributed by atoms with E-state index in [1.54, 1.807) is 0 Å². The molecule has 12 heavy (non-hydrogen) atoms. The lowest BCUT2D eigenvalue weighted by Gasteiger charge is -2.08. The van der Waals surface area contributed by atoms with Gasteiger partial charge < -0.3 is 18.9 Å². The zero-order valence-electron chi connectivity index (χ0n) is 5.76. The molecule has 0 aliphatic rings. The average molecular weight is 189 g/mol. The molecule has 5 nitrogen and oxygen atoms in total. The van der Waals surface area contributed by atoms with Crippen LogP contribution in [0.3, 0.4) is 0 Å². The van der Waals surface area contributed by atoms with Crippen LogP contribution in [0.25, 0.3) is 0 Å². The van der Waals surface area contributed by atoms with E-state index in [1.165, 1.54) is 6.07 Å². The van der Waals surface area contributed by atoms with Gasteiger partial charge >= 0.3 is 0 Å². The number of rotatable bonds is 2. The van der Waals surface area contributed by atoms with Gasteiger partial charge in [0.25, 0.3) is 0 Å². The summed E-state index contributed by atoms with van der Waals surface area (Å²) in [6.45, 7) is 0. The van der Waals surface area contributed by atoms with E-state index >= 15 is 0 Å². The molecule has 0 amide bonds. The summed E-state index contributed by atoms with van der Waals surface area (Å²) in [6.07, 6.45) is 0. The van der Waals surface area contributed by atoms with Gasteiger partial charge in [-0.2, -0.15) is 0 Å². The Balaban J connectivity index is 2.97. The summed E-state index contributed by atoms with van der Waals surface area (Å²) in [5.41, 5.74) is 0. The first-order valence-electron chi connectivity index (χ1n) is 2.89. The Bertz CT molecular complexity index is 311. The van der Waals surface area contributed by atoms with Crippen LogP contribution in [0.1, 0.15) is 0 Å². The van der Waals surface area contributed by atoms with Crippen LogP contribution in [0.5, 0.6) is 17.2 Å². The second-order valence-electron chi connectivity index (χ2n) is 1.94. The van der Waals surface area contributed by atoms with Gasteiger partial charge in [-0.1, -0.05) is 0 Å². The van der Waals surface area contributed by atoms with Crippen LogP contribution in [-0.2, 0) is 11.4 Å². The van der Waals surface area contributed by atoms with Crippen molar-refractivity contribution in [3.63, 3.8) is 0 Å². The van der Waals surface area contributed by atoms with Crippen molar-refractivity contribution >= 4 is 11.4 Å². The minimum Gasteiger partial charge on any atom is -0.740 e. The minimum atomic E-state index is -2.76. The van der Waals surface area contributed by atoms with Gasteiger partial charge in [0.2, 0.25) is 0 Å². The van der Waals surface area contributed by atoms with Crippen LogP contribution in [0.2, 0.25) is 0 Å². The van der Waals surface area contributed by atoms with E-state index in [2.05, 4.69) is 4.18 Å². The molecule has 6 heteroatoms. The zero-order valence-corrected chi connectivity index (χ0v) is 6.58. The molecule has 0 heterocycles. The molecular weight excluding hydrogens is 184 g/mol. The molecule has 0 aliphatic carbocycles. The van der Waals surface area contributed by atoms with Crippen molar-refractivity contribution in [2.45, 2.75) is 0 Å². The lowest BCUT2D eigenvalue weighted by atomic mass is 10.3. The molecule has 1 unspecified atom stereocenters. The smallest absolute Gasteiger partial charge is 0.184 e. The van der Waals surface area contributed by atoms with Crippen molar-refractivity contribution in [2.75, 3.05) is 0 Å². The van der Waals surface area contributed by atoms with Crippen LogP contribution in [0.4, 0.5) is 0 Å². The average Bonchev–Trinajstić information content (AvgIpc) is 1.96. The van der Waals surface area contributed by atoms with Gasteiger partial charge in [-0.15, -0.1) is 0 Å². The van der Waals surface area contributed by atoms with Crippen molar-refractivity contribution in [1.82, 2.24) is 0 Å². The van der Waals surface area contributed by atoms with Crippen molar-refractivity contribution in [3.05, 3.63) is 18.2 Å². The number of benzene rings is 1. The summed E-state index contributed by atoms with van der Waals surface area (Å²) in [7, 11) is 0. The first-order chi connectivity index (χ1) is 5.59. The van der Waals surface area contributed by atoms with Gasteiger partial charge in [0.1, 0.15) is 17.1 Å². The highest BCUT2D eigenvalue weighted by molar-refractivity contribution is 7.74. The first-order valence-corrected chi connectivity index (χ1v) is 3.89. The number of aromatic hydroxyl groups is 2. The quantitative estimate of drug-likeness (QED) is 0.514. The van der Waals surface area contributed by atoms with Crippen LogP contribution in [0.15, 0.2) is 18.2 Å². The highest BCUT2D eigenvalue weighted by Gasteiger charge is 2.03. The molecule has 1 rings (SSSR count). The molecule has 0 fully saturated rings. The summed E-state index contributed by atoms with van der Waals surface area (Å²) in [5.74, 6) is -0.839. The molecule has 1 aromatic carbocycles. The van der Waals surface area contributed by atoms with Gasteiger partial charge in [0, 0.05) is 6.07 Å². The molecular formula is C6H5O5S-. The fraction of sp³-hybridized carbons (Fsp3) is 0. The first kappa shape index (κ1) is 8.82. The van der Waals surface area contributed by atoms with Crippen molar-refractivity contribution in [3.8, 4) is 17.2 Å². The fourth-order valence-corrected chi connectivity index (χ4v) is 0.923. The molecule has 0 radical (unpaired) electrons. The molecule has 1 aromatic rings. The number of phenols is 2. The third kappa shape index (κ3) is 2.11. The molecule has 0 spiro atoms. The maximum atomic E-state index is 10.0. The normalized spacial score (nSPS) is 12.4. The molecule has 66 valence electrons. The molecule has 2 N–H and O–H groups in total. The van der Waals surface area contributed by atoms with Crippen molar-refractivity contribution in [2.24, 2.45) is 0 Å². The van der Waals surface area contributed by atoms with E-state index < -0.39 is 11.4 Å². The largest absolute Gasteiger partial charge is 0.740 e. The second kappa shape index (κ2) is 3.42. The fourth-order valence-electron chi connectivity index (χ4n) is 0.643. The minimum absolute atomic E-state index is 0.187. The third-order valence-electron chi connectivity index (χ3n) is 1.10. The molecule has 0 aliphatic heterocycles. The standard InChI is InChI=1S/C6H6O5S/c7-4-1-2-5(8)6(3-4)11-12(9)10/h1-3,7-8H,(H,9,10)/p-1. The van der Waals surface area contributed by atoms with Crippen LogP contribution >= 0.6 is 0 Å². The van der Waals surface area contributed by atoms with E-state index in [0.29, 0.717) is 0 Å². The Morgan fingerprint density at radius 2 is 2.08 bits per heavy atom. The Hall–Kier alpha value is -1.27. The molecule has 0 saturated heterocycles. The van der Waals surface area contributed by atoms with Crippen LogP contribution in [-0.4, -0.2) is 19.0 Å². The maximum absolute atomic E-state index is 10.0. The highest BCUT2D eigenvalue weighted by atomic mass is 32.2. The third-order valence-corrected chi connectivity index (χ3v) is 1.42. The van der Waals surface area contributed by atoms with E-state index in [0.717, 1.165) is 12.1 Å². The predicted octanol–water partition coefficient (Wildman–Crippen LogP) is 0.271. The van der Waals surface area contributed by atoms with Crippen LogP contribution in [0, 0.1) is 0 Å². The topological polar surface area (TPSA) is 89.8 Å². The molecule has 0 aromatic heterocycles. The summed E-state index contributed by atoms with van der Waals surface area (Å²) in [5, 5.41) is 17.8. The maximum Gasteiger partial charge on any atom is 0.184 e. The SMILES string of the molecule is O=S([O-])Oc1cc(O)ccc1O. The van der Waals surface area contributed by atoms with E-state index in [-0.39, 0.29) is 17.2 Å². The Kier molecular flexibility index (Phi) is 2.51. The lowest BCUT2D eigenvalue weighted by Crippen LogP contribution is -1.97. The number of hydrogen-bond donors (Lipinski definition) is 2. The predicted molar refractivity (Wildman–Crippen MR) is 39.3 cm³/mol. The molecule has 1 atom stereocenters. The van der Waals surface area contributed by atoms with Gasteiger partial charge in [-0.05, 0) is 12.1 Å². The number of phenolic OH excluding ortho intramolecular Hbond substituents is 2. The summed E-state index contributed by atoms with van der Waals surface area (Å²) >= 11 is -2.76. The summed E-state index contributed by atoms with van der Waals surface area (Å²) in [4.78, 5) is 0. The highest BCUT2D eigenvalue weighted by Crippen LogP contribution is 2.29.